The number of aromatic carboxylic acids is 1. The van der Waals surface area contributed by atoms with Gasteiger partial charge in [0.05, 0.1) is 16.6 Å². The molecule has 0 saturated carbocycles. The Kier molecular flexibility index (Phi) is 5.92. The summed E-state index contributed by atoms with van der Waals surface area (Å²) < 4.78 is 26.8. The van der Waals surface area contributed by atoms with Crippen LogP contribution in [0.5, 0.6) is 0 Å². The van der Waals surface area contributed by atoms with Crippen molar-refractivity contribution >= 4 is 38.6 Å². The second kappa shape index (κ2) is 6.83. The lowest BCUT2D eigenvalue weighted by molar-refractivity contribution is 0.0695. The Morgan fingerprint density at radius 1 is 1.40 bits per heavy atom. The van der Waals surface area contributed by atoms with Crippen LogP contribution in [0.2, 0.25) is 0 Å². The van der Waals surface area contributed by atoms with Gasteiger partial charge in [-0.3, -0.25) is 0 Å². The summed E-state index contributed by atoms with van der Waals surface area (Å²) in [6.45, 7) is 3.42. The maximum Gasteiger partial charge on any atom is 0.336 e. The van der Waals surface area contributed by atoms with E-state index in [1.54, 1.807) is 13.8 Å². The lowest BCUT2D eigenvalue weighted by Crippen LogP contribution is -2.34. The SMILES string of the molecule is CC(C)C(O)CNS(=O)(=O)c1ccc(I)c(C(=O)O)c1. The number of carboxylic acid groups (broad SMARTS) is 1. The van der Waals surface area contributed by atoms with Crippen LogP contribution < -0.4 is 4.72 Å². The first-order chi connectivity index (χ1) is 9.15. The summed E-state index contributed by atoms with van der Waals surface area (Å²) in [5.74, 6) is -1.27. The number of rotatable bonds is 6. The Morgan fingerprint density at radius 3 is 2.50 bits per heavy atom. The van der Waals surface area contributed by atoms with Crippen LogP contribution in [0, 0.1) is 9.49 Å². The summed E-state index contributed by atoms with van der Waals surface area (Å²) in [4.78, 5) is 10.9. The maximum absolute atomic E-state index is 12.0. The smallest absolute Gasteiger partial charge is 0.336 e. The van der Waals surface area contributed by atoms with Gasteiger partial charge in [0, 0.05) is 10.1 Å². The minimum absolute atomic E-state index is 0.0714. The maximum atomic E-state index is 12.0. The molecule has 0 bridgehead atoms. The number of sulfonamides is 1. The predicted octanol–water partition coefficient (Wildman–Crippen LogP) is 1.28. The third-order valence-corrected chi connectivity index (χ3v) is 5.09. The fraction of sp³-hybridized carbons (Fsp3) is 0.417. The van der Waals surface area contributed by atoms with Crippen molar-refractivity contribution in [2.45, 2.75) is 24.8 Å². The molecule has 6 nitrogen and oxygen atoms in total. The first kappa shape index (κ1) is 17.3. The summed E-state index contributed by atoms with van der Waals surface area (Å²) in [5, 5.41) is 18.6. The molecular weight excluding hydrogens is 397 g/mol. The van der Waals surface area contributed by atoms with Crippen molar-refractivity contribution in [3.05, 3.63) is 27.3 Å². The highest BCUT2D eigenvalue weighted by molar-refractivity contribution is 14.1. The molecule has 0 heterocycles. The number of nitrogens with one attached hydrogen (secondary N) is 1. The second-order valence-corrected chi connectivity index (χ2v) is 7.54. The molecule has 1 aromatic rings. The number of aliphatic hydroxyl groups is 1. The van der Waals surface area contributed by atoms with E-state index in [-0.39, 0.29) is 22.9 Å². The van der Waals surface area contributed by atoms with Crippen molar-refractivity contribution < 1.29 is 23.4 Å². The largest absolute Gasteiger partial charge is 0.478 e. The highest BCUT2D eigenvalue weighted by Gasteiger charge is 2.20. The van der Waals surface area contributed by atoms with Crippen LogP contribution in [0.1, 0.15) is 24.2 Å². The number of carboxylic acids is 1. The number of carbonyl (C=O) groups is 1. The number of hydrogen-bond acceptors (Lipinski definition) is 4. The van der Waals surface area contributed by atoms with Gasteiger partial charge >= 0.3 is 5.97 Å². The summed E-state index contributed by atoms with van der Waals surface area (Å²) in [5.41, 5.74) is -0.0714. The van der Waals surface area contributed by atoms with E-state index in [0.717, 1.165) is 6.07 Å². The zero-order chi connectivity index (χ0) is 15.5. The Labute approximate surface area is 131 Å². The van der Waals surface area contributed by atoms with Crippen molar-refractivity contribution in [3.8, 4) is 0 Å². The van der Waals surface area contributed by atoms with Gasteiger partial charge in [-0.2, -0.15) is 0 Å². The minimum Gasteiger partial charge on any atom is -0.478 e. The summed E-state index contributed by atoms with van der Waals surface area (Å²) in [6.07, 6.45) is -0.799. The molecule has 3 N–H and O–H groups in total. The molecule has 0 fully saturated rings. The predicted molar refractivity (Wildman–Crippen MR) is 82.2 cm³/mol. The van der Waals surface area contributed by atoms with Gasteiger partial charge in [-0.05, 0) is 46.7 Å². The topological polar surface area (TPSA) is 104 Å². The molecule has 1 unspecified atom stereocenters. The van der Waals surface area contributed by atoms with Crippen molar-refractivity contribution in [2.24, 2.45) is 5.92 Å². The van der Waals surface area contributed by atoms with Gasteiger partial charge in [0.2, 0.25) is 10.0 Å². The van der Waals surface area contributed by atoms with Gasteiger partial charge in [0.25, 0.3) is 0 Å². The van der Waals surface area contributed by atoms with E-state index in [1.807, 2.05) is 22.6 Å². The van der Waals surface area contributed by atoms with E-state index in [2.05, 4.69) is 4.72 Å². The molecule has 1 aromatic carbocycles. The van der Waals surface area contributed by atoms with Crippen molar-refractivity contribution in [3.63, 3.8) is 0 Å². The van der Waals surface area contributed by atoms with E-state index < -0.39 is 22.1 Å². The zero-order valence-electron chi connectivity index (χ0n) is 11.0. The van der Waals surface area contributed by atoms with Gasteiger partial charge in [-0.15, -0.1) is 0 Å². The summed E-state index contributed by atoms with van der Waals surface area (Å²) in [6, 6.07) is 3.87. The minimum atomic E-state index is -3.84. The lowest BCUT2D eigenvalue weighted by atomic mass is 10.1. The molecule has 0 amide bonds. The Balaban J connectivity index is 2.99. The van der Waals surface area contributed by atoms with E-state index in [4.69, 9.17) is 5.11 Å². The second-order valence-electron chi connectivity index (χ2n) is 4.61. The van der Waals surface area contributed by atoms with Crippen LogP contribution >= 0.6 is 22.6 Å². The van der Waals surface area contributed by atoms with E-state index in [0.29, 0.717) is 3.57 Å². The third-order valence-electron chi connectivity index (χ3n) is 2.73. The molecule has 0 aliphatic rings. The summed E-state index contributed by atoms with van der Waals surface area (Å²) in [7, 11) is -3.84. The van der Waals surface area contributed by atoms with E-state index >= 15 is 0 Å². The number of benzene rings is 1. The molecule has 0 aliphatic heterocycles. The van der Waals surface area contributed by atoms with E-state index in [1.165, 1.54) is 12.1 Å². The zero-order valence-corrected chi connectivity index (χ0v) is 14.0. The monoisotopic (exact) mass is 413 g/mol. The van der Waals surface area contributed by atoms with Gasteiger partial charge in [-0.25, -0.2) is 17.9 Å². The van der Waals surface area contributed by atoms with Crippen molar-refractivity contribution in [1.29, 1.82) is 0 Å². The Morgan fingerprint density at radius 2 is 2.00 bits per heavy atom. The Hall–Kier alpha value is -0.710. The van der Waals surface area contributed by atoms with Crippen LogP contribution in [0.25, 0.3) is 0 Å². The fourth-order valence-electron chi connectivity index (χ4n) is 1.35. The van der Waals surface area contributed by atoms with Crippen LogP contribution in [0.4, 0.5) is 0 Å². The molecule has 0 aromatic heterocycles. The molecule has 0 saturated heterocycles. The molecule has 0 aliphatic carbocycles. The number of halogens is 1. The van der Waals surface area contributed by atoms with Crippen LogP contribution in [-0.2, 0) is 10.0 Å². The Bertz CT molecular complexity index is 600. The summed E-state index contributed by atoms with van der Waals surface area (Å²) >= 11 is 1.83. The highest BCUT2D eigenvalue weighted by atomic mass is 127. The van der Waals surface area contributed by atoms with Crippen LogP contribution in [0.15, 0.2) is 23.1 Å². The first-order valence-electron chi connectivity index (χ1n) is 5.85. The van der Waals surface area contributed by atoms with Gasteiger partial charge in [-0.1, -0.05) is 13.8 Å². The quantitative estimate of drug-likeness (QED) is 0.610. The normalized spacial score (nSPS) is 13.4. The lowest BCUT2D eigenvalue weighted by Gasteiger charge is -2.15. The van der Waals surface area contributed by atoms with Crippen LogP contribution in [0.3, 0.4) is 0 Å². The van der Waals surface area contributed by atoms with Crippen LogP contribution in [-0.4, -0.2) is 37.2 Å². The molecule has 0 spiro atoms. The number of aliphatic hydroxyl groups excluding tert-OH is 1. The van der Waals surface area contributed by atoms with Gasteiger partial charge < -0.3 is 10.2 Å². The molecule has 112 valence electrons. The standard InChI is InChI=1S/C12H16INO5S/c1-7(2)11(15)6-14-20(18,19)8-3-4-10(13)9(5-8)12(16)17/h3-5,7,11,14-15H,6H2,1-2H3,(H,16,17). The fourth-order valence-corrected chi connectivity index (χ4v) is 2.99. The molecule has 20 heavy (non-hydrogen) atoms. The molecule has 1 rings (SSSR count). The molecule has 0 radical (unpaired) electrons. The van der Waals surface area contributed by atoms with Crippen molar-refractivity contribution in [2.75, 3.05) is 6.54 Å². The average molecular weight is 413 g/mol. The molecule has 8 heteroatoms. The first-order valence-corrected chi connectivity index (χ1v) is 8.42. The molecular formula is C12H16INO5S. The molecule has 1 atom stereocenters. The number of hydrogen-bond donors (Lipinski definition) is 3. The van der Waals surface area contributed by atoms with Gasteiger partial charge in [0.15, 0.2) is 0 Å². The average Bonchev–Trinajstić information content (AvgIpc) is 2.35. The highest BCUT2D eigenvalue weighted by Crippen LogP contribution is 2.18. The van der Waals surface area contributed by atoms with Crippen molar-refractivity contribution in [1.82, 2.24) is 4.72 Å². The van der Waals surface area contributed by atoms with Gasteiger partial charge in [0.1, 0.15) is 0 Å². The third kappa shape index (κ3) is 4.40. The van der Waals surface area contributed by atoms with E-state index in [9.17, 15) is 18.3 Å².